The van der Waals surface area contributed by atoms with Crippen LogP contribution in [0.3, 0.4) is 0 Å². The number of hydrogen-bond acceptors (Lipinski definition) is 4. The fourth-order valence-electron chi connectivity index (χ4n) is 3.79. The molecule has 3 N–H and O–H groups in total. The predicted molar refractivity (Wildman–Crippen MR) is 119 cm³/mol. The van der Waals surface area contributed by atoms with Crippen LogP contribution in [0.15, 0.2) is 4.99 Å². The van der Waals surface area contributed by atoms with Gasteiger partial charge in [-0.1, -0.05) is 13.8 Å². The topological polar surface area (TPSA) is 91.8 Å². The molecular formula is C17H37IN4O3S. The number of nitrogens with zero attached hydrogens (tertiary/aromatic N) is 1. The molecule has 0 aliphatic heterocycles. The van der Waals surface area contributed by atoms with Crippen molar-refractivity contribution in [1.29, 1.82) is 0 Å². The summed E-state index contributed by atoms with van der Waals surface area (Å²) in [6.07, 6.45) is 4.50. The molecule has 7 nitrogen and oxygen atoms in total. The van der Waals surface area contributed by atoms with E-state index in [1.807, 2.05) is 20.8 Å². The fourth-order valence-corrected chi connectivity index (χ4v) is 4.86. The van der Waals surface area contributed by atoms with Crippen molar-refractivity contribution in [2.45, 2.75) is 71.6 Å². The molecule has 0 saturated heterocycles. The predicted octanol–water partition coefficient (Wildman–Crippen LogP) is 2.08. The highest BCUT2D eigenvalue weighted by atomic mass is 127. The Morgan fingerprint density at radius 1 is 1.27 bits per heavy atom. The van der Waals surface area contributed by atoms with Crippen molar-refractivity contribution in [1.82, 2.24) is 15.4 Å². The average molecular weight is 504 g/mol. The molecule has 0 amide bonds. The van der Waals surface area contributed by atoms with Crippen LogP contribution in [0.1, 0.15) is 53.9 Å². The molecule has 0 bridgehead atoms. The summed E-state index contributed by atoms with van der Waals surface area (Å²) in [6, 6.07) is 0.302. The van der Waals surface area contributed by atoms with Crippen LogP contribution in [0.2, 0.25) is 0 Å². The van der Waals surface area contributed by atoms with Gasteiger partial charge in [0.1, 0.15) is 0 Å². The zero-order chi connectivity index (χ0) is 19.3. The molecule has 0 spiro atoms. The van der Waals surface area contributed by atoms with Gasteiger partial charge in [0.2, 0.25) is 10.0 Å². The molecule has 0 aromatic heterocycles. The van der Waals surface area contributed by atoms with Gasteiger partial charge in [-0.05, 0) is 40.0 Å². The van der Waals surface area contributed by atoms with E-state index < -0.39 is 15.6 Å². The summed E-state index contributed by atoms with van der Waals surface area (Å²) in [5, 5.41) is 6.74. The number of halogens is 1. The Bertz CT molecular complexity index is 562. The molecule has 0 radical (unpaired) electrons. The number of aliphatic imine (C=N–C) groups is 1. The minimum atomic E-state index is -3.26. The van der Waals surface area contributed by atoms with Crippen LogP contribution < -0.4 is 15.4 Å². The largest absolute Gasteiger partial charge is 0.378 e. The van der Waals surface area contributed by atoms with Crippen molar-refractivity contribution in [3.8, 4) is 0 Å². The van der Waals surface area contributed by atoms with E-state index in [1.54, 1.807) is 7.05 Å². The fraction of sp³-hybridized carbons (Fsp3) is 0.941. The Kier molecular flexibility index (Phi) is 10.4. The van der Waals surface area contributed by atoms with E-state index in [1.165, 1.54) is 6.26 Å². The average Bonchev–Trinajstić information content (AvgIpc) is 2.48. The van der Waals surface area contributed by atoms with Gasteiger partial charge >= 0.3 is 0 Å². The van der Waals surface area contributed by atoms with E-state index in [9.17, 15) is 8.42 Å². The maximum atomic E-state index is 11.5. The molecule has 0 heterocycles. The molecule has 26 heavy (non-hydrogen) atoms. The smallest absolute Gasteiger partial charge is 0.209 e. The van der Waals surface area contributed by atoms with Crippen LogP contribution in [-0.2, 0) is 14.8 Å². The van der Waals surface area contributed by atoms with Gasteiger partial charge in [0.15, 0.2) is 5.96 Å². The van der Waals surface area contributed by atoms with E-state index >= 15 is 0 Å². The molecule has 1 fully saturated rings. The summed E-state index contributed by atoms with van der Waals surface area (Å²) < 4.78 is 31.5. The number of rotatable bonds is 9. The highest BCUT2D eigenvalue weighted by molar-refractivity contribution is 14.0. The molecule has 0 aromatic rings. The number of nitrogens with one attached hydrogen (secondary N) is 3. The highest BCUT2D eigenvalue weighted by Crippen LogP contribution is 2.48. The van der Waals surface area contributed by atoms with Gasteiger partial charge in [-0.25, -0.2) is 13.1 Å². The van der Waals surface area contributed by atoms with Crippen molar-refractivity contribution < 1.29 is 13.2 Å². The minimum absolute atomic E-state index is 0. The van der Waals surface area contributed by atoms with Crippen molar-refractivity contribution >= 4 is 40.0 Å². The lowest BCUT2D eigenvalue weighted by Crippen LogP contribution is -2.66. The molecule has 9 heteroatoms. The van der Waals surface area contributed by atoms with E-state index in [2.05, 4.69) is 34.2 Å². The molecule has 2 atom stereocenters. The highest BCUT2D eigenvalue weighted by Gasteiger charge is 2.53. The van der Waals surface area contributed by atoms with Gasteiger partial charge in [-0.15, -0.1) is 24.0 Å². The second kappa shape index (κ2) is 10.4. The molecular weight excluding hydrogens is 467 g/mol. The zero-order valence-corrected chi connectivity index (χ0v) is 20.3. The first-order valence-corrected chi connectivity index (χ1v) is 11.0. The van der Waals surface area contributed by atoms with Crippen LogP contribution in [0.4, 0.5) is 0 Å². The second-order valence-electron chi connectivity index (χ2n) is 7.50. The van der Waals surface area contributed by atoms with Gasteiger partial charge in [0, 0.05) is 37.2 Å². The van der Waals surface area contributed by atoms with E-state index in [-0.39, 0.29) is 35.5 Å². The maximum Gasteiger partial charge on any atom is 0.209 e. The van der Waals surface area contributed by atoms with E-state index in [0.29, 0.717) is 18.5 Å². The zero-order valence-electron chi connectivity index (χ0n) is 17.2. The summed E-state index contributed by atoms with van der Waals surface area (Å²) in [6.45, 7) is 11.3. The van der Waals surface area contributed by atoms with Crippen LogP contribution in [0.25, 0.3) is 0 Å². The summed E-state index contributed by atoms with van der Waals surface area (Å²) >= 11 is 0. The Morgan fingerprint density at radius 2 is 1.85 bits per heavy atom. The van der Waals surface area contributed by atoms with Crippen LogP contribution in [0, 0.1) is 5.41 Å². The molecule has 1 rings (SSSR count). The maximum absolute atomic E-state index is 11.5. The van der Waals surface area contributed by atoms with Crippen molar-refractivity contribution in [3.63, 3.8) is 0 Å². The molecule has 0 aromatic carbocycles. The Hall–Kier alpha value is -0.130. The summed E-state index contributed by atoms with van der Waals surface area (Å²) in [4.78, 5) is 4.29. The first-order chi connectivity index (χ1) is 11.5. The van der Waals surface area contributed by atoms with Gasteiger partial charge in [0.25, 0.3) is 0 Å². The Morgan fingerprint density at radius 3 is 2.27 bits per heavy atom. The molecule has 1 saturated carbocycles. The summed E-state index contributed by atoms with van der Waals surface area (Å²) in [5.74, 6) is 0.689. The first-order valence-electron chi connectivity index (χ1n) is 9.11. The molecule has 2 unspecified atom stereocenters. The third-order valence-corrected chi connectivity index (χ3v) is 6.09. The normalized spacial score (nSPS) is 23.0. The lowest BCUT2D eigenvalue weighted by molar-refractivity contribution is -0.133. The Balaban J connectivity index is 0.00000625. The molecule has 1 aliphatic rings. The first kappa shape index (κ1) is 25.9. The number of ether oxygens (including phenoxy) is 1. The van der Waals surface area contributed by atoms with E-state index in [4.69, 9.17) is 4.74 Å². The Labute approximate surface area is 176 Å². The third-order valence-electron chi connectivity index (χ3n) is 5.16. The summed E-state index contributed by atoms with van der Waals surface area (Å²) in [7, 11) is -1.53. The SMILES string of the molecule is CCOC1CC(NC(=NC)NCC(C)(C)NS(C)(=O)=O)C1(CC)CC.I. The van der Waals surface area contributed by atoms with Crippen LogP contribution >= 0.6 is 24.0 Å². The number of guanidine groups is 1. The monoisotopic (exact) mass is 504 g/mol. The lowest BCUT2D eigenvalue weighted by Gasteiger charge is -2.55. The van der Waals surface area contributed by atoms with Crippen molar-refractivity contribution in [2.24, 2.45) is 10.4 Å². The quantitative estimate of drug-likeness (QED) is 0.254. The lowest BCUT2D eigenvalue weighted by atomic mass is 9.58. The van der Waals surface area contributed by atoms with Gasteiger partial charge in [0.05, 0.1) is 12.4 Å². The van der Waals surface area contributed by atoms with Crippen molar-refractivity contribution in [2.75, 3.05) is 26.5 Å². The molecule has 156 valence electrons. The number of hydrogen-bond donors (Lipinski definition) is 3. The third kappa shape index (κ3) is 6.79. The van der Waals surface area contributed by atoms with Crippen molar-refractivity contribution in [3.05, 3.63) is 0 Å². The van der Waals surface area contributed by atoms with E-state index in [0.717, 1.165) is 25.9 Å². The van der Waals surface area contributed by atoms with Crippen LogP contribution in [0.5, 0.6) is 0 Å². The van der Waals surface area contributed by atoms with Gasteiger partial charge in [-0.3, -0.25) is 4.99 Å². The number of sulfonamides is 1. The van der Waals surface area contributed by atoms with Crippen LogP contribution in [-0.4, -0.2) is 58.5 Å². The second-order valence-corrected chi connectivity index (χ2v) is 9.25. The van der Waals surface area contributed by atoms with Gasteiger partial charge in [-0.2, -0.15) is 0 Å². The standard InChI is InChI=1S/C17H36N4O3S.HI/c1-8-17(9-2)13(11-14(17)24-10-3)20-15(18-6)19-12-16(4,5)21-25(7,22)23;/h13-14,21H,8-12H2,1-7H3,(H2,18,19,20);1H. The molecule has 1 aliphatic carbocycles. The summed E-state index contributed by atoms with van der Waals surface area (Å²) in [5.41, 5.74) is -0.487. The minimum Gasteiger partial charge on any atom is -0.378 e. The van der Waals surface area contributed by atoms with Gasteiger partial charge < -0.3 is 15.4 Å².